The van der Waals surface area contributed by atoms with Crippen LogP contribution in [0, 0.1) is 6.92 Å². The van der Waals surface area contributed by atoms with E-state index in [0.717, 1.165) is 22.0 Å². The van der Waals surface area contributed by atoms with E-state index in [9.17, 15) is 4.79 Å². The molecule has 3 aromatic rings. The van der Waals surface area contributed by atoms with Crippen LogP contribution in [0.1, 0.15) is 17.1 Å². The number of carbonyl (C=O) groups excluding carboxylic acids is 1. The van der Waals surface area contributed by atoms with Crippen LogP contribution < -0.4 is 10.6 Å². The van der Waals surface area contributed by atoms with Crippen molar-refractivity contribution in [2.75, 3.05) is 6.54 Å². The number of nitrogens with one attached hydrogen (secondary N) is 2. The monoisotopic (exact) mass is 342 g/mol. The fraction of sp³-hybridized carbons (Fsp3) is 0.235. The first kappa shape index (κ1) is 16.2. The highest BCUT2D eigenvalue weighted by atomic mass is 32.1. The molecule has 0 unspecified atom stereocenters. The van der Waals surface area contributed by atoms with Crippen molar-refractivity contribution in [1.82, 2.24) is 20.8 Å². The third-order valence-corrected chi connectivity index (χ3v) is 4.29. The van der Waals surface area contributed by atoms with Crippen molar-refractivity contribution in [3.8, 4) is 10.6 Å². The predicted molar refractivity (Wildman–Crippen MR) is 92.7 cm³/mol. The number of nitrogens with zero attached hydrogens (tertiary/aromatic N) is 2. The van der Waals surface area contributed by atoms with E-state index in [0.29, 0.717) is 25.2 Å². The quantitative estimate of drug-likeness (QED) is 0.721. The molecular formula is C17H18N4O2S. The molecule has 7 heteroatoms. The highest BCUT2D eigenvalue weighted by Crippen LogP contribution is 2.23. The number of benzene rings is 1. The average molecular weight is 342 g/mol. The Morgan fingerprint density at radius 1 is 1.21 bits per heavy atom. The van der Waals surface area contributed by atoms with Crippen LogP contribution in [-0.2, 0) is 13.0 Å². The molecule has 3 rings (SSSR count). The summed E-state index contributed by atoms with van der Waals surface area (Å²) in [6.07, 6.45) is 0.694. The number of hydrogen-bond donors (Lipinski definition) is 2. The molecule has 6 nitrogen and oxygen atoms in total. The summed E-state index contributed by atoms with van der Waals surface area (Å²) in [5, 5.41) is 12.4. The third-order valence-electron chi connectivity index (χ3n) is 3.35. The molecule has 0 aliphatic rings. The highest BCUT2D eigenvalue weighted by Gasteiger charge is 2.06. The summed E-state index contributed by atoms with van der Waals surface area (Å²) in [4.78, 5) is 16.3. The van der Waals surface area contributed by atoms with Crippen molar-refractivity contribution in [3.05, 3.63) is 58.9 Å². The lowest BCUT2D eigenvalue weighted by Crippen LogP contribution is -2.36. The summed E-state index contributed by atoms with van der Waals surface area (Å²) in [7, 11) is 0. The fourth-order valence-corrected chi connectivity index (χ4v) is 3.03. The van der Waals surface area contributed by atoms with Gasteiger partial charge in [-0.25, -0.2) is 9.78 Å². The van der Waals surface area contributed by atoms with Crippen molar-refractivity contribution >= 4 is 17.4 Å². The topological polar surface area (TPSA) is 80.0 Å². The standard InChI is InChI=1S/C17H18N4O2S/c1-12-9-15(21-23-12)10-19-17(22)18-8-7-14-11-24-16(20-14)13-5-3-2-4-6-13/h2-6,9,11H,7-8,10H2,1H3,(H2,18,19,22). The van der Waals surface area contributed by atoms with Crippen LogP contribution in [0.15, 0.2) is 46.3 Å². The second-order valence-corrected chi connectivity index (χ2v) is 6.16. The highest BCUT2D eigenvalue weighted by molar-refractivity contribution is 7.13. The Morgan fingerprint density at radius 2 is 2.04 bits per heavy atom. The Hall–Kier alpha value is -2.67. The summed E-state index contributed by atoms with van der Waals surface area (Å²) in [6, 6.07) is 11.6. The SMILES string of the molecule is Cc1cc(CNC(=O)NCCc2csc(-c3ccccc3)n2)no1. The Balaban J connectivity index is 1.41. The van der Waals surface area contributed by atoms with Crippen molar-refractivity contribution in [2.45, 2.75) is 19.9 Å². The van der Waals surface area contributed by atoms with E-state index < -0.39 is 0 Å². The molecule has 0 spiro atoms. The van der Waals surface area contributed by atoms with Crippen molar-refractivity contribution in [3.63, 3.8) is 0 Å². The second-order valence-electron chi connectivity index (χ2n) is 5.30. The van der Waals surface area contributed by atoms with Gasteiger partial charge in [0.1, 0.15) is 16.5 Å². The van der Waals surface area contributed by atoms with Gasteiger partial charge >= 0.3 is 6.03 Å². The molecule has 1 aromatic carbocycles. The van der Waals surface area contributed by atoms with Crippen molar-refractivity contribution in [2.24, 2.45) is 0 Å². The zero-order chi connectivity index (χ0) is 16.8. The van der Waals surface area contributed by atoms with E-state index in [4.69, 9.17) is 4.52 Å². The van der Waals surface area contributed by atoms with E-state index >= 15 is 0 Å². The minimum absolute atomic E-state index is 0.228. The number of hydrogen-bond acceptors (Lipinski definition) is 5. The Bertz CT molecular complexity index is 798. The first-order valence-corrected chi connectivity index (χ1v) is 8.52. The minimum Gasteiger partial charge on any atom is -0.361 e. The molecule has 0 aliphatic heterocycles. The Labute approximate surface area is 143 Å². The summed E-state index contributed by atoms with van der Waals surface area (Å²) < 4.78 is 4.95. The van der Waals surface area contributed by atoms with Gasteiger partial charge in [0.15, 0.2) is 0 Å². The lowest BCUT2D eigenvalue weighted by molar-refractivity contribution is 0.240. The summed E-state index contributed by atoms with van der Waals surface area (Å²) in [5.41, 5.74) is 2.79. The van der Waals surface area contributed by atoms with Gasteiger partial charge in [-0.2, -0.15) is 0 Å². The summed E-state index contributed by atoms with van der Waals surface area (Å²) in [6.45, 7) is 2.69. The number of aromatic nitrogens is 2. The van der Waals surface area contributed by atoms with Crippen LogP contribution in [0.25, 0.3) is 10.6 Å². The number of amides is 2. The molecule has 0 atom stereocenters. The molecule has 2 amide bonds. The van der Waals surface area contributed by atoms with Crippen molar-refractivity contribution < 1.29 is 9.32 Å². The maximum absolute atomic E-state index is 11.7. The van der Waals surface area contributed by atoms with Gasteiger partial charge in [0, 0.05) is 30.0 Å². The average Bonchev–Trinajstić information content (AvgIpc) is 3.23. The third kappa shape index (κ3) is 4.42. The normalized spacial score (nSPS) is 10.5. The van der Waals surface area contributed by atoms with E-state index in [1.165, 1.54) is 0 Å². The molecule has 0 aliphatic carbocycles. The number of carbonyl (C=O) groups is 1. The molecule has 0 saturated carbocycles. The van der Waals surface area contributed by atoms with Gasteiger partial charge in [-0.1, -0.05) is 35.5 Å². The van der Waals surface area contributed by atoms with Gasteiger partial charge < -0.3 is 15.2 Å². The predicted octanol–water partition coefficient (Wildman–Crippen LogP) is 3.15. The molecule has 2 aromatic heterocycles. The fourth-order valence-electron chi connectivity index (χ4n) is 2.17. The Kier molecular flexibility index (Phi) is 5.22. The van der Waals surface area contributed by atoms with Gasteiger partial charge in [-0.3, -0.25) is 0 Å². The first-order chi connectivity index (χ1) is 11.7. The van der Waals surface area contributed by atoms with Crippen LogP contribution >= 0.6 is 11.3 Å². The van der Waals surface area contributed by atoms with Gasteiger partial charge in [-0.15, -0.1) is 11.3 Å². The van der Waals surface area contributed by atoms with Gasteiger partial charge in [-0.05, 0) is 6.92 Å². The number of urea groups is 1. The molecule has 0 saturated heterocycles. The van der Waals surface area contributed by atoms with Crippen LogP contribution in [0.3, 0.4) is 0 Å². The van der Waals surface area contributed by atoms with Crippen LogP contribution in [-0.4, -0.2) is 22.7 Å². The number of rotatable bonds is 6. The van der Waals surface area contributed by atoms with E-state index in [2.05, 4.69) is 20.8 Å². The number of thiazole rings is 1. The zero-order valence-corrected chi connectivity index (χ0v) is 14.1. The first-order valence-electron chi connectivity index (χ1n) is 7.64. The van der Waals surface area contributed by atoms with E-state index in [1.54, 1.807) is 17.4 Å². The summed E-state index contributed by atoms with van der Waals surface area (Å²) >= 11 is 1.61. The second kappa shape index (κ2) is 7.74. The molecule has 2 heterocycles. The maximum Gasteiger partial charge on any atom is 0.315 e. The lowest BCUT2D eigenvalue weighted by Gasteiger charge is -2.05. The van der Waals surface area contributed by atoms with Crippen LogP contribution in [0.4, 0.5) is 4.79 Å². The number of aryl methyl sites for hydroxylation is 1. The Morgan fingerprint density at radius 3 is 2.79 bits per heavy atom. The molecule has 0 radical (unpaired) electrons. The molecule has 24 heavy (non-hydrogen) atoms. The zero-order valence-electron chi connectivity index (χ0n) is 13.3. The largest absolute Gasteiger partial charge is 0.361 e. The smallest absolute Gasteiger partial charge is 0.315 e. The van der Waals surface area contributed by atoms with Gasteiger partial charge in [0.2, 0.25) is 0 Å². The lowest BCUT2D eigenvalue weighted by atomic mass is 10.2. The molecule has 0 bridgehead atoms. The van der Waals surface area contributed by atoms with Crippen LogP contribution in [0.2, 0.25) is 0 Å². The molecule has 124 valence electrons. The van der Waals surface area contributed by atoms with E-state index in [-0.39, 0.29) is 6.03 Å². The molecule has 2 N–H and O–H groups in total. The minimum atomic E-state index is -0.228. The molecule has 0 fully saturated rings. The van der Waals surface area contributed by atoms with Gasteiger partial charge in [0.05, 0.1) is 12.2 Å². The maximum atomic E-state index is 11.7. The molecular weight excluding hydrogens is 324 g/mol. The summed E-state index contributed by atoms with van der Waals surface area (Å²) in [5.74, 6) is 0.727. The van der Waals surface area contributed by atoms with Crippen LogP contribution in [0.5, 0.6) is 0 Å². The van der Waals surface area contributed by atoms with E-state index in [1.807, 2.05) is 42.6 Å². The van der Waals surface area contributed by atoms with Crippen molar-refractivity contribution in [1.29, 1.82) is 0 Å². The van der Waals surface area contributed by atoms with Gasteiger partial charge in [0.25, 0.3) is 0 Å².